The third-order valence-electron chi connectivity index (χ3n) is 5.71. The standard InChI is InChI=1S/C21H30N4O3S/c1-2-21(11-4-12-21)16-25-20(23-13-10-18-5-3-14-28-18)24-15-17-6-8-19(9-7-17)29(22,26)27/h3,5-9,14H,2,4,10-13,15-16H2,1H3,(H2,22,26,27)(H2,23,24,25). The van der Waals surface area contributed by atoms with Gasteiger partial charge < -0.3 is 15.1 Å². The van der Waals surface area contributed by atoms with Crippen molar-refractivity contribution in [1.29, 1.82) is 0 Å². The van der Waals surface area contributed by atoms with E-state index in [0.717, 1.165) is 36.7 Å². The van der Waals surface area contributed by atoms with E-state index < -0.39 is 10.0 Å². The molecule has 0 radical (unpaired) electrons. The van der Waals surface area contributed by atoms with Gasteiger partial charge in [0.25, 0.3) is 0 Å². The van der Waals surface area contributed by atoms with Crippen LogP contribution in [0.15, 0.2) is 57.0 Å². The molecule has 0 aliphatic heterocycles. The fraction of sp³-hybridized carbons (Fsp3) is 0.476. The van der Waals surface area contributed by atoms with Crippen LogP contribution < -0.4 is 15.8 Å². The van der Waals surface area contributed by atoms with Crippen LogP contribution in [0.2, 0.25) is 0 Å². The number of nitrogens with one attached hydrogen (secondary N) is 2. The molecule has 1 aromatic heterocycles. The van der Waals surface area contributed by atoms with E-state index in [0.29, 0.717) is 18.5 Å². The normalized spacial score (nSPS) is 16.3. The molecule has 0 saturated heterocycles. The summed E-state index contributed by atoms with van der Waals surface area (Å²) >= 11 is 0. The molecule has 3 rings (SSSR count). The van der Waals surface area contributed by atoms with E-state index in [9.17, 15) is 8.42 Å². The molecule has 8 heteroatoms. The zero-order valence-electron chi connectivity index (χ0n) is 16.9. The predicted molar refractivity (Wildman–Crippen MR) is 114 cm³/mol. The van der Waals surface area contributed by atoms with Gasteiger partial charge in [0.2, 0.25) is 10.0 Å². The highest BCUT2D eigenvalue weighted by molar-refractivity contribution is 7.89. The minimum absolute atomic E-state index is 0.107. The molecule has 158 valence electrons. The maximum atomic E-state index is 11.4. The van der Waals surface area contributed by atoms with Gasteiger partial charge in [-0.1, -0.05) is 25.5 Å². The van der Waals surface area contributed by atoms with Gasteiger partial charge in [0.1, 0.15) is 5.76 Å². The first-order valence-electron chi connectivity index (χ1n) is 10.1. The van der Waals surface area contributed by atoms with Crippen molar-refractivity contribution in [2.45, 2.75) is 50.5 Å². The van der Waals surface area contributed by atoms with Gasteiger partial charge in [-0.2, -0.15) is 0 Å². The first-order chi connectivity index (χ1) is 13.9. The number of guanidine groups is 1. The van der Waals surface area contributed by atoms with Gasteiger partial charge in [0.05, 0.1) is 17.7 Å². The van der Waals surface area contributed by atoms with Crippen LogP contribution in [0.5, 0.6) is 0 Å². The summed E-state index contributed by atoms with van der Waals surface area (Å²) in [6.45, 7) is 4.30. The number of rotatable bonds is 9. The fourth-order valence-electron chi connectivity index (χ4n) is 3.49. The Balaban J connectivity index is 1.61. The maximum absolute atomic E-state index is 11.4. The molecule has 1 saturated carbocycles. The molecular weight excluding hydrogens is 388 g/mol. The Morgan fingerprint density at radius 2 is 1.97 bits per heavy atom. The van der Waals surface area contributed by atoms with Crippen LogP contribution in [0.25, 0.3) is 0 Å². The van der Waals surface area contributed by atoms with Crippen molar-refractivity contribution >= 4 is 16.0 Å². The number of sulfonamides is 1. The molecule has 7 nitrogen and oxygen atoms in total. The van der Waals surface area contributed by atoms with Crippen LogP contribution in [0.4, 0.5) is 0 Å². The lowest BCUT2D eigenvalue weighted by molar-refractivity contribution is 0.131. The van der Waals surface area contributed by atoms with E-state index in [2.05, 4.69) is 22.5 Å². The Bertz CT molecular complexity index is 896. The maximum Gasteiger partial charge on any atom is 0.238 e. The van der Waals surface area contributed by atoms with Crippen molar-refractivity contribution in [3.8, 4) is 0 Å². The van der Waals surface area contributed by atoms with Gasteiger partial charge >= 0.3 is 0 Å². The van der Waals surface area contributed by atoms with E-state index in [-0.39, 0.29) is 4.90 Å². The summed E-state index contributed by atoms with van der Waals surface area (Å²) in [5.41, 5.74) is 1.29. The highest BCUT2D eigenvalue weighted by Crippen LogP contribution is 2.42. The molecule has 1 aromatic carbocycles. The summed E-state index contributed by atoms with van der Waals surface area (Å²) in [7, 11) is -3.68. The highest BCUT2D eigenvalue weighted by Gasteiger charge is 2.34. The van der Waals surface area contributed by atoms with E-state index in [4.69, 9.17) is 9.56 Å². The number of nitrogens with zero attached hydrogens (tertiary/aromatic N) is 1. The van der Waals surface area contributed by atoms with Crippen molar-refractivity contribution in [3.63, 3.8) is 0 Å². The summed E-state index contributed by atoms with van der Waals surface area (Å²) in [5, 5.41) is 12.0. The minimum atomic E-state index is -3.68. The van der Waals surface area contributed by atoms with Crippen molar-refractivity contribution in [2.75, 3.05) is 13.1 Å². The first kappa shape index (κ1) is 21.4. The van der Waals surface area contributed by atoms with Gasteiger partial charge in [-0.25, -0.2) is 18.5 Å². The number of furan rings is 1. The number of hydrogen-bond donors (Lipinski definition) is 3. The van der Waals surface area contributed by atoms with Crippen LogP contribution >= 0.6 is 0 Å². The Labute approximate surface area is 172 Å². The molecule has 1 aliphatic rings. The highest BCUT2D eigenvalue weighted by atomic mass is 32.2. The second-order valence-corrected chi connectivity index (χ2v) is 9.23. The lowest BCUT2D eigenvalue weighted by Crippen LogP contribution is -2.46. The van der Waals surface area contributed by atoms with E-state index in [1.807, 2.05) is 12.1 Å². The molecule has 1 fully saturated rings. The SMILES string of the molecule is CCC1(CNC(=NCc2ccc(S(N)(=O)=O)cc2)NCCc2ccco2)CCC1. The third-order valence-corrected chi connectivity index (χ3v) is 6.64. The molecular formula is C21H30N4O3S. The molecule has 0 bridgehead atoms. The molecule has 0 atom stereocenters. The quantitative estimate of drug-likeness (QED) is 0.428. The van der Waals surface area contributed by atoms with Crippen LogP contribution in [0.1, 0.15) is 43.9 Å². The van der Waals surface area contributed by atoms with E-state index >= 15 is 0 Å². The van der Waals surface area contributed by atoms with Crippen LogP contribution in [0.3, 0.4) is 0 Å². The fourth-order valence-corrected chi connectivity index (χ4v) is 4.01. The second-order valence-electron chi connectivity index (χ2n) is 7.67. The summed E-state index contributed by atoms with van der Waals surface area (Å²) < 4.78 is 28.2. The van der Waals surface area contributed by atoms with Gasteiger partial charge in [-0.15, -0.1) is 0 Å². The zero-order valence-corrected chi connectivity index (χ0v) is 17.7. The molecule has 0 amide bonds. The Morgan fingerprint density at radius 1 is 1.21 bits per heavy atom. The summed E-state index contributed by atoms with van der Waals surface area (Å²) in [5.74, 6) is 1.69. The molecule has 4 N–H and O–H groups in total. The van der Waals surface area contributed by atoms with Crippen LogP contribution in [0, 0.1) is 5.41 Å². The Kier molecular flexibility index (Phi) is 6.97. The molecule has 0 unspecified atom stereocenters. The van der Waals surface area contributed by atoms with Gasteiger partial charge in [0, 0.05) is 19.5 Å². The Morgan fingerprint density at radius 3 is 2.52 bits per heavy atom. The van der Waals surface area contributed by atoms with Gasteiger partial charge in [-0.05, 0) is 54.5 Å². The number of nitrogens with two attached hydrogens (primary N) is 1. The summed E-state index contributed by atoms with van der Waals surface area (Å²) in [4.78, 5) is 4.79. The average molecular weight is 419 g/mol. The van der Waals surface area contributed by atoms with Crippen molar-refractivity contribution in [3.05, 3.63) is 54.0 Å². The number of hydrogen-bond acceptors (Lipinski definition) is 4. The van der Waals surface area contributed by atoms with E-state index in [1.54, 1.807) is 18.4 Å². The predicted octanol–water partition coefficient (Wildman–Crippen LogP) is 2.79. The molecule has 29 heavy (non-hydrogen) atoms. The first-order valence-corrected chi connectivity index (χ1v) is 11.6. The van der Waals surface area contributed by atoms with Crippen molar-refractivity contribution in [1.82, 2.24) is 10.6 Å². The second kappa shape index (κ2) is 9.45. The smallest absolute Gasteiger partial charge is 0.238 e. The van der Waals surface area contributed by atoms with Crippen LogP contribution in [-0.2, 0) is 23.0 Å². The topological polar surface area (TPSA) is 110 Å². The zero-order chi connectivity index (χ0) is 20.7. The monoisotopic (exact) mass is 418 g/mol. The molecule has 2 aromatic rings. The van der Waals surface area contributed by atoms with Crippen molar-refractivity contribution in [2.24, 2.45) is 15.5 Å². The summed E-state index contributed by atoms with van der Waals surface area (Å²) in [6, 6.07) is 10.3. The third kappa shape index (κ3) is 6.08. The number of aliphatic imine (C=N–C) groups is 1. The number of benzene rings is 1. The average Bonchev–Trinajstić information content (AvgIpc) is 3.18. The molecule has 1 heterocycles. The van der Waals surface area contributed by atoms with Gasteiger partial charge in [-0.3, -0.25) is 0 Å². The number of primary sulfonamides is 1. The van der Waals surface area contributed by atoms with Crippen LogP contribution in [-0.4, -0.2) is 27.5 Å². The minimum Gasteiger partial charge on any atom is -0.469 e. The summed E-state index contributed by atoms with van der Waals surface area (Å²) in [6.07, 6.45) is 7.42. The molecule has 1 aliphatic carbocycles. The molecule has 0 spiro atoms. The Hall–Kier alpha value is -2.32. The van der Waals surface area contributed by atoms with E-state index in [1.165, 1.54) is 31.4 Å². The lowest BCUT2D eigenvalue weighted by atomic mass is 9.67. The van der Waals surface area contributed by atoms with Gasteiger partial charge in [0.15, 0.2) is 5.96 Å². The lowest BCUT2D eigenvalue weighted by Gasteiger charge is -2.41. The van der Waals surface area contributed by atoms with Crippen molar-refractivity contribution < 1.29 is 12.8 Å². The largest absolute Gasteiger partial charge is 0.469 e.